The summed E-state index contributed by atoms with van der Waals surface area (Å²) in [6.07, 6.45) is 3.58. The lowest BCUT2D eigenvalue weighted by Gasteiger charge is -2.48. The van der Waals surface area contributed by atoms with E-state index in [0.29, 0.717) is 35.1 Å². The van der Waals surface area contributed by atoms with Crippen molar-refractivity contribution in [2.45, 2.75) is 49.7 Å². The standard InChI is InChI=1S/C33H37ClFN5O3S/c1-4-27(41)38-14-21(3)39(15-20(38)2)31-25-13-26(34)28(22-5-7-23(35)8-6-22)30-29(25)40(32(42)36-31)24(17-44-30)16-37-11-9-33(10-12-37)18-43-19-33/h4-8,13,20-21,24H,1,9-12,14-19H2,2-3H3/t20-,21+,24+/m1/s1. The monoisotopic (exact) mass is 637 g/mol. The highest BCUT2D eigenvalue weighted by molar-refractivity contribution is 7.99. The number of benzene rings is 2. The number of thioether (sulfide) groups is 1. The Bertz CT molecular complexity index is 1680. The SMILES string of the molecule is C=CC(=O)N1C[C@H](C)N(c2nc(=O)n3c4c(c(-c5ccc(F)cc5)c(Cl)cc24)SC[C@@H]3CN2CCC3(CC2)COC3)C[C@H]1C. The Labute approximate surface area is 265 Å². The fraction of sp³-hybridized carbons (Fsp3) is 0.485. The van der Waals surface area contributed by atoms with Crippen LogP contribution in [0, 0.1) is 11.2 Å². The van der Waals surface area contributed by atoms with Crippen LogP contribution in [0.4, 0.5) is 10.2 Å². The summed E-state index contributed by atoms with van der Waals surface area (Å²) in [4.78, 5) is 38.7. The number of piperidine rings is 1. The number of likely N-dealkylation sites (tertiary alicyclic amines) is 1. The lowest BCUT2D eigenvalue weighted by atomic mass is 9.77. The number of piperazine rings is 1. The molecule has 1 amide bonds. The zero-order valence-electron chi connectivity index (χ0n) is 25.1. The molecule has 0 unspecified atom stereocenters. The second-order valence-electron chi connectivity index (χ2n) is 12.9. The Kier molecular flexibility index (Phi) is 7.76. The van der Waals surface area contributed by atoms with E-state index in [-0.39, 0.29) is 35.5 Å². The normalized spacial score (nSPS) is 24.9. The summed E-state index contributed by atoms with van der Waals surface area (Å²) in [6.45, 7) is 13.2. The lowest BCUT2D eigenvalue weighted by molar-refractivity contribution is -0.140. The molecule has 232 valence electrons. The van der Waals surface area contributed by atoms with Crippen molar-refractivity contribution in [1.82, 2.24) is 19.4 Å². The number of aromatic nitrogens is 2. The predicted octanol–water partition coefficient (Wildman–Crippen LogP) is 5.23. The Balaban J connectivity index is 1.33. The predicted molar refractivity (Wildman–Crippen MR) is 173 cm³/mol. The first kappa shape index (κ1) is 29.8. The first-order valence-corrected chi connectivity index (χ1v) is 16.7. The molecule has 5 heterocycles. The van der Waals surface area contributed by atoms with E-state index in [0.717, 1.165) is 72.6 Å². The quantitative estimate of drug-likeness (QED) is 0.355. The Morgan fingerprint density at radius 1 is 1.18 bits per heavy atom. The summed E-state index contributed by atoms with van der Waals surface area (Å²) in [5, 5.41) is 1.35. The highest BCUT2D eigenvalue weighted by Gasteiger charge is 2.42. The van der Waals surface area contributed by atoms with Crippen molar-refractivity contribution in [2.75, 3.05) is 56.6 Å². The zero-order chi connectivity index (χ0) is 30.7. The van der Waals surface area contributed by atoms with Crippen molar-refractivity contribution in [1.29, 1.82) is 0 Å². The summed E-state index contributed by atoms with van der Waals surface area (Å²) < 4.78 is 21.3. The molecule has 1 spiro atoms. The number of hydrogen-bond acceptors (Lipinski definition) is 7. The average molecular weight is 638 g/mol. The number of anilines is 1. The van der Waals surface area contributed by atoms with Gasteiger partial charge in [0.25, 0.3) is 0 Å². The van der Waals surface area contributed by atoms with E-state index in [1.54, 1.807) is 23.9 Å². The summed E-state index contributed by atoms with van der Waals surface area (Å²) in [7, 11) is 0. The number of rotatable bonds is 5. The number of carbonyl (C=O) groups is 1. The van der Waals surface area contributed by atoms with Crippen LogP contribution in [0.5, 0.6) is 0 Å². The fourth-order valence-electron chi connectivity index (χ4n) is 7.33. The van der Waals surface area contributed by atoms with Crippen molar-refractivity contribution in [3.63, 3.8) is 0 Å². The topological polar surface area (TPSA) is 70.9 Å². The summed E-state index contributed by atoms with van der Waals surface area (Å²) >= 11 is 8.76. The number of nitrogens with zero attached hydrogens (tertiary/aromatic N) is 5. The Hall–Kier alpha value is -2.92. The van der Waals surface area contributed by atoms with Crippen LogP contribution in [0.15, 0.2) is 52.7 Å². The Morgan fingerprint density at radius 2 is 1.91 bits per heavy atom. The molecule has 3 saturated heterocycles. The summed E-state index contributed by atoms with van der Waals surface area (Å²) in [5.74, 6) is 0.877. The van der Waals surface area contributed by atoms with Crippen LogP contribution < -0.4 is 10.6 Å². The van der Waals surface area contributed by atoms with Crippen molar-refractivity contribution in [3.8, 4) is 11.1 Å². The van der Waals surface area contributed by atoms with Crippen molar-refractivity contribution in [3.05, 3.63) is 64.3 Å². The van der Waals surface area contributed by atoms with E-state index in [1.807, 2.05) is 29.4 Å². The van der Waals surface area contributed by atoms with Crippen molar-refractivity contribution < 1.29 is 13.9 Å². The van der Waals surface area contributed by atoms with Gasteiger partial charge in [-0.25, -0.2) is 9.18 Å². The van der Waals surface area contributed by atoms with Gasteiger partial charge in [-0.05, 0) is 69.6 Å². The molecule has 0 aliphatic carbocycles. The van der Waals surface area contributed by atoms with Crippen LogP contribution in [0.1, 0.15) is 32.7 Å². The third-order valence-corrected chi connectivity index (χ3v) is 11.5. The molecule has 7 rings (SSSR count). The molecule has 8 nitrogen and oxygen atoms in total. The minimum absolute atomic E-state index is 0.0589. The maximum Gasteiger partial charge on any atom is 0.350 e. The molecule has 0 radical (unpaired) electrons. The van der Waals surface area contributed by atoms with Gasteiger partial charge in [0, 0.05) is 58.7 Å². The first-order chi connectivity index (χ1) is 21.2. The highest BCUT2D eigenvalue weighted by atomic mass is 35.5. The second-order valence-corrected chi connectivity index (χ2v) is 14.3. The molecule has 3 atom stereocenters. The fourth-order valence-corrected chi connectivity index (χ4v) is 9.03. The molecule has 11 heteroatoms. The number of amides is 1. The van der Waals surface area contributed by atoms with Gasteiger partial charge in [-0.3, -0.25) is 9.36 Å². The maximum absolute atomic E-state index is 14.1. The van der Waals surface area contributed by atoms with Gasteiger partial charge in [-0.2, -0.15) is 4.98 Å². The summed E-state index contributed by atoms with van der Waals surface area (Å²) in [5.41, 5.74) is 2.50. The van der Waals surface area contributed by atoms with Gasteiger partial charge < -0.3 is 19.4 Å². The molecular formula is C33H37ClFN5O3S. The second kappa shape index (κ2) is 11.5. The molecule has 4 aliphatic heterocycles. The van der Waals surface area contributed by atoms with Crippen LogP contribution in [-0.2, 0) is 9.53 Å². The number of halogens is 2. The highest BCUT2D eigenvalue weighted by Crippen LogP contribution is 2.48. The van der Waals surface area contributed by atoms with Crippen LogP contribution in [-0.4, -0.2) is 89.0 Å². The average Bonchev–Trinajstić information content (AvgIpc) is 3.00. The molecular weight excluding hydrogens is 601 g/mol. The third-order valence-electron chi connectivity index (χ3n) is 9.93. The van der Waals surface area contributed by atoms with Gasteiger partial charge >= 0.3 is 5.69 Å². The molecule has 0 bridgehead atoms. The first-order valence-electron chi connectivity index (χ1n) is 15.4. The molecule has 0 saturated carbocycles. The molecule has 3 aromatic rings. The smallest absolute Gasteiger partial charge is 0.350 e. The molecule has 4 aliphatic rings. The van der Waals surface area contributed by atoms with Crippen LogP contribution in [0.25, 0.3) is 22.0 Å². The van der Waals surface area contributed by atoms with E-state index in [2.05, 4.69) is 16.4 Å². The minimum Gasteiger partial charge on any atom is -0.380 e. The number of carbonyl (C=O) groups excluding carboxylic acids is 1. The van der Waals surface area contributed by atoms with Gasteiger partial charge in [0.1, 0.15) is 11.6 Å². The number of hydrogen-bond donors (Lipinski definition) is 0. The van der Waals surface area contributed by atoms with Crippen molar-refractivity contribution in [2.24, 2.45) is 5.41 Å². The Morgan fingerprint density at radius 3 is 2.57 bits per heavy atom. The molecule has 1 aromatic heterocycles. The molecule has 3 fully saturated rings. The van der Waals surface area contributed by atoms with Crippen molar-refractivity contribution >= 4 is 46.0 Å². The van der Waals surface area contributed by atoms with Crippen LogP contribution >= 0.6 is 23.4 Å². The largest absolute Gasteiger partial charge is 0.380 e. The number of ether oxygens (including phenoxy) is 1. The zero-order valence-corrected chi connectivity index (χ0v) is 26.7. The van der Waals surface area contributed by atoms with Gasteiger partial charge in [-0.15, -0.1) is 11.8 Å². The maximum atomic E-state index is 14.1. The minimum atomic E-state index is -0.315. The van der Waals surface area contributed by atoms with Gasteiger partial charge in [0.15, 0.2) is 0 Å². The molecule has 0 N–H and O–H groups in total. The van der Waals surface area contributed by atoms with Crippen LogP contribution in [0.2, 0.25) is 5.02 Å². The third kappa shape index (κ3) is 5.04. The van der Waals surface area contributed by atoms with Gasteiger partial charge in [-0.1, -0.05) is 30.3 Å². The van der Waals surface area contributed by atoms with E-state index in [1.165, 1.54) is 18.2 Å². The van der Waals surface area contributed by atoms with Gasteiger partial charge in [0.05, 0.1) is 29.8 Å². The van der Waals surface area contributed by atoms with E-state index in [9.17, 15) is 14.0 Å². The summed E-state index contributed by atoms with van der Waals surface area (Å²) in [6, 6.07) is 8.04. The van der Waals surface area contributed by atoms with Crippen LogP contribution in [0.3, 0.4) is 0 Å². The van der Waals surface area contributed by atoms with E-state index < -0.39 is 0 Å². The van der Waals surface area contributed by atoms with E-state index >= 15 is 0 Å². The lowest BCUT2D eigenvalue weighted by Crippen LogP contribution is -2.58. The molecule has 2 aromatic carbocycles. The van der Waals surface area contributed by atoms with Gasteiger partial charge in [0.2, 0.25) is 5.91 Å². The molecule has 44 heavy (non-hydrogen) atoms. The van der Waals surface area contributed by atoms with E-state index in [4.69, 9.17) is 21.3 Å².